The zero-order valence-electron chi connectivity index (χ0n) is 10.8. The van der Waals surface area contributed by atoms with Crippen molar-refractivity contribution in [3.05, 3.63) is 34.9 Å². The number of rotatable bonds is 4. The molecule has 1 aromatic carbocycles. The first-order valence-corrected chi connectivity index (χ1v) is 6.00. The third kappa shape index (κ3) is 2.83. The van der Waals surface area contributed by atoms with Gasteiger partial charge in [-0.05, 0) is 43.4 Å². The molecule has 0 bridgehead atoms. The molecule has 1 aromatic rings. The van der Waals surface area contributed by atoms with Crippen LogP contribution in [0.15, 0.2) is 18.2 Å². The molecule has 0 aliphatic carbocycles. The van der Waals surface area contributed by atoms with Crippen LogP contribution in [0.25, 0.3) is 0 Å². The maximum Gasteiger partial charge on any atom is 0.0340 e. The first-order valence-electron chi connectivity index (χ1n) is 6.00. The summed E-state index contributed by atoms with van der Waals surface area (Å²) >= 11 is 0. The average molecular weight is 220 g/mol. The summed E-state index contributed by atoms with van der Waals surface area (Å²) < 4.78 is 0. The van der Waals surface area contributed by atoms with E-state index in [1.54, 1.807) is 0 Å². The number of nitrogens with two attached hydrogens (primary N) is 2. The average Bonchev–Trinajstić information content (AvgIpc) is 2.22. The van der Waals surface area contributed by atoms with E-state index < -0.39 is 0 Å². The molecule has 2 heteroatoms. The Balaban J connectivity index is 3.02. The van der Waals surface area contributed by atoms with Crippen LogP contribution in [-0.4, -0.2) is 6.54 Å². The monoisotopic (exact) mass is 220 g/mol. The van der Waals surface area contributed by atoms with Crippen LogP contribution in [-0.2, 0) is 0 Å². The van der Waals surface area contributed by atoms with Crippen LogP contribution < -0.4 is 11.5 Å². The van der Waals surface area contributed by atoms with Crippen molar-refractivity contribution >= 4 is 0 Å². The van der Waals surface area contributed by atoms with Gasteiger partial charge in [0.1, 0.15) is 0 Å². The SMILES string of the molecule is Cc1ccc(C)c(C(N)C(CN)C(C)C)c1. The molecular formula is C14H24N2. The van der Waals surface area contributed by atoms with E-state index in [9.17, 15) is 0 Å². The van der Waals surface area contributed by atoms with Crippen molar-refractivity contribution in [2.75, 3.05) is 6.54 Å². The number of aryl methyl sites for hydroxylation is 2. The molecule has 90 valence electrons. The van der Waals surface area contributed by atoms with Gasteiger partial charge in [0.15, 0.2) is 0 Å². The van der Waals surface area contributed by atoms with Crippen LogP contribution in [0.3, 0.4) is 0 Å². The minimum atomic E-state index is 0.0462. The van der Waals surface area contributed by atoms with Gasteiger partial charge in [-0.1, -0.05) is 37.6 Å². The molecule has 0 saturated carbocycles. The van der Waals surface area contributed by atoms with Gasteiger partial charge in [0.05, 0.1) is 0 Å². The van der Waals surface area contributed by atoms with Gasteiger partial charge in [-0.15, -0.1) is 0 Å². The molecule has 0 fully saturated rings. The van der Waals surface area contributed by atoms with Gasteiger partial charge in [-0.3, -0.25) is 0 Å². The summed E-state index contributed by atoms with van der Waals surface area (Å²) in [7, 11) is 0. The Labute approximate surface area is 99.0 Å². The second-order valence-corrected chi connectivity index (χ2v) is 5.03. The van der Waals surface area contributed by atoms with Crippen LogP contribution in [0.1, 0.15) is 36.6 Å². The zero-order valence-corrected chi connectivity index (χ0v) is 10.8. The Kier molecular flexibility index (Phi) is 4.51. The van der Waals surface area contributed by atoms with E-state index in [1.807, 2.05) is 0 Å². The molecule has 0 saturated heterocycles. The fourth-order valence-corrected chi connectivity index (χ4v) is 2.18. The molecule has 0 aliphatic rings. The summed E-state index contributed by atoms with van der Waals surface area (Å²) in [6.45, 7) is 9.22. The largest absolute Gasteiger partial charge is 0.330 e. The molecule has 16 heavy (non-hydrogen) atoms. The lowest BCUT2D eigenvalue weighted by Gasteiger charge is -2.27. The second kappa shape index (κ2) is 5.46. The molecule has 1 rings (SSSR count). The van der Waals surface area contributed by atoms with Gasteiger partial charge >= 0.3 is 0 Å². The second-order valence-electron chi connectivity index (χ2n) is 5.03. The molecule has 0 aromatic heterocycles. The van der Waals surface area contributed by atoms with E-state index in [2.05, 4.69) is 45.9 Å². The van der Waals surface area contributed by atoms with Gasteiger partial charge in [0.25, 0.3) is 0 Å². The minimum absolute atomic E-state index is 0.0462. The molecule has 2 nitrogen and oxygen atoms in total. The van der Waals surface area contributed by atoms with Crippen LogP contribution >= 0.6 is 0 Å². The predicted molar refractivity (Wildman–Crippen MR) is 70.2 cm³/mol. The van der Waals surface area contributed by atoms with Crippen LogP contribution in [0, 0.1) is 25.7 Å². The van der Waals surface area contributed by atoms with E-state index >= 15 is 0 Å². The van der Waals surface area contributed by atoms with Crippen molar-refractivity contribution in [2.24, 2.45) is 23.3 Å². The Morgan fingerprint density at radius 3 is 2.31 bits per heavy atom. The quantitative estimate of drug-likeness (QED) is 0.819. The van der Waals surface area contributed by atoms with Crippen LogP contribution in [0.2, 0.25) is 0 Å². The van der Waals surface area contributed by atoms with Crippen molar-refractivity contribution in [1.29, 1.82) is 0 Å². The summed E-state index contributed by atoms with van der Waals surface area (Å²) in [6.07, 6.45) is 0. The van der Waals surface area contributed by atoms with Gasteiger partial charge in [0.2, 0.25) is 0 Å². The molecular weight excluding hydrogens is 196 g/mol. The minimum Gasteiger partial charge on any atom is -0.330 e. The maximum atomic E-state index is 6.34. The lowest BCUT2D eigenvalue weighted by Crippen LogP contribution is -2.32. The summed E-state index contributed by atoms with van der Waals surface area (Å²) in [6, 6.07) is 6.49. The lowest BCUT2D eigenvalue weighted by molar-refractivity contribution is 0.330. The van der Waals surface area contributed by atoms with Gasteiger partial charge in [-0.2, -0.15) is 0 Å². The maximum absolute atomic E-state index is 6.34. The summed E-state index contributed by atoms with van der Waals surface area (Å²) in [5.41, 5.74) is 15.9. The van der Waals surface area contributed by atoms with Crippen molar-refractivity contribution < 1.29 is 0 Å². The topological polar surface area (TPSA) is 52.0 Å². The summed E-state index contributed by atoms with van der Waals surface area (Å²) in [4.78, 5) is 0. The van der Waals surface area contributed by atoms with Crippen LogP contribution in [0.5, 0.6) is 0 Å². The number of benzene rings is 1. The van der Waals surface area contributed by atoms with Crippen molar-refractivity contribution in [3.63, 3.8) is 0 Å². The zero-order chi connectivity index (χ0) is 12.3. The van der Waals surface area contributed by atoms with Gasteiger partial charge in [0, 0.05) is 6.04 Å². The molecule has 0 amide bonds. The fourth-order valence-electron chi connectivity index (χ4n) is 2.18. The predicted octanol–water partition coefficient (Wildman–Crippen LogP) is 2.53. The first kappa shape index (κ1) is 13.2. The molecule has 2 atom stereocenters. The molecule has 0 radical (unpaired) electrons. The van der Waals surface area contributed by atoms with Gasteiger partial charge < -0.3 is 11.5 Å². The first-order chi connectivity index (χ1) is 7.47. The Morgan fingerprint density at radius 2 is 1.81 bits per heavy atom. The third-order valence-corrected chi connectivity index (χ3v) is 3.38. The normalized spacial score (nSPS) is 15.2. The number of hydrogen-bond donors (Lipinski definition) is 2. The standard InChI is InChI=1S/C14H24N2/c1-9(2)13(8-15)14(16)12-7-10(3)5-6-11(12)4/h5-7,9,13-14H,8,15-16H2,1-4H3. The van der Waals surface area contributed by atoms with E-state index in [1.165, 1.54) is 16.7 Å². The van der Waals surface area contributed by atoms with Crippen molar-refractivity contribution in [1.82, 2.24) is 0 Å². The fraction of sp³-hybridized carbons (Fsp3) is 0.571. The van der Waals surface area contributed by atoms with E-state index in [0.29, 0.717) is 18.4 Å². The highest BCUT2D eigenvalue weighted by molar-refractivity contribution is 5.33. The third-order valence-electron chi connectivity index (χ3n) is 3.38. The molecule has 0 heterocycles. The van der Waals surface area contributed by atoms with Crippen molar-refractivity contribution in [2.45, 2.75) is 33.7 Å². The Hall–Kier alpha value is -0.860. The van der Waals surface area contributed by atoms with E-state index in [0.717, 1.165) is 0 Å². The summed E-state index contributed by atoms with van der Waals surface area (Å²) in [5, 5.41) is 0. The Bertz CT molecular complexity index is 345. The molecule has 4 N–H and O–H groups in total. The smallest absolute Gasteiger partial charge is 0.0340 e. The molecule has 0 aliphatic heterocycles. The van der Waals surface area contributed by atoms with Crippen LogP contribution in [0.4, 0.5) is 0 Å². The Morgan fingerprint density at radius 1 is 1.19 bits per heavy atom. The summed E-state index contributed by atoms with van der Waals surface area (Å²) in [5.74, 6) is 0.861. The number of hydrogen-bond acceptors (Lipinski definition) is 2. The molecule has 2 unspecified atom stereocenters. The highest BCUT2D eigenvalue weighted by atomic mass is 14.7. The van der Waals surface area contributed by atoms with Gasteiger partial charge in [-0.25, -0.2) is 0 Å². The lowest BCUT2D eigenvalue weighted by atomic mass is 9.83. The van der Waals surface area contributed by atoms with E-state index in [4.69, 9.17) is 11.5 Å². The van der Waals surface area contributed by atoms with Crippen molar-refractivity contribution in [3.8, 4) is 0 Å². The van der Waals surface area contributed by atoms with E-state index in [-0.39, 0.29) is 6.04 Å². The highest BCUT2D eigenvalue weighted by Gasteiger charge is 2.22. The molecule has 0 spiro atoms. The highest BCUT2D eigenvalue weighted by Crippen LogP contribution is 2.27.